The summed E-state index contributed by atoms with van der Waals surface area (Å²) in [5.41, 5.74) is 7.97. The SMILES string of the molecule is NC(=O)c1ccccc1NC(=O)C(Sc1ccc(NC(=O)/C(=C/c2cccc(Cl)c2Cl)NC(=O)c2ccccc2)cc1)c1ccccc1. The number of hydrogen-bond donors (Lipinski definition) is 4. The Kier molecular flexibility index (Phi) is 11.3. The number of nitrogens with two attached hydrogens (primary N) is 1. The second-order valence-electron chi connectivity index (χ2n) is 10.3. The van der Waals surface area contributed by atoms with Gasteiger partial charge in [-0.25, -0.2) is 0 Å². The highest BCUT2D eigenvalue weighted by Gasteiger charge is 2.24. The van der Waals surface area contributed by atoms with E-state index >= 15 is 0 Å². The van der Waals surface area contributed by atoms with Crippen LogP contribution in [-0.4, -0.2) is 23.6 Å². The molecule has 0 aliphatic carbocycles. The maximum atomic E-state index is 13.6. The Morgan fingerprint density at radius 3 is 2.04 bits per heavy atom. The van der Waals surface area contributed by atoms with E-state index in [-0.39, 0.29) is 22.2 Å². The van der Waals surface area contributed by atoms with Crippen molar-refractivity contribution in [2.24, 2.45) is 5.73 Å². The topological polar surface area (TPSA) is 130 Å². The van der Waals surface area contributed by atoms with Crippen molar-refractivity contribution in [3.05, 3.63) is 165 Å². The van der Waals surface area contributed by atoms with E-state index in [1.165, 1.54) is 17.8 Å². The van der Waals surface area contributed by atoms with Crippen LogP contribution in [0, 0.1) is 0 Å². The van der Waals surface area contributed by atoms with Crippen molar-refractivity contribution in [2.45, 2.75) is 10.1 Å². The van der Waals surface area contributed by atoms with E-state index in [0.717, 1.165) is 10.5 Å². The van der Waals surface area contributed by atoms with E-state index in [2.05, 4.69) is 16.0 Å². The zero-order valence-electron chi connectivity index (χ0n) is 25.2. The normalized spacial score (nSPS) is 11.7. The number of carbonyl (C=O) groups excluding carboxylic acids is 4. The molecule has 0 aliphatic rings. The third-order valence-corrected chi connectivity index (χ3v) is 9.07. The smallest absolute Gasteiger partial charge is 0.272 e. The number of rotatable bonds is 11. The first-order chi connectivity index (χ1) is 23.2. The van der Waals surface area contributed by atoms with Gasteiger partial charge in [0.2, 0.25) is 5.91 Å². The summed E-state index contributed by atoms with van der Waals surface area (Å²) in [4.78, 5) is 52.7. The number of benzene rings is 5. The van der Waals surface area contributed by atoms with Gasteiger partial charge in [0.1, 0.15) is 10.9 Å². The Morgan fingerprint density at radius 1 is 0.708 bits per heavy atom. The van der Waals surface area contributed by atoms with Crippen molar-refractivity contribution < 1.29 is 19.2 Å². The highest BCUT2D eigenvalue weighted by molar-refractivity contribution is 8.00. The average Bonchev–Trinajstić information content (AvgIpc) is 3.10. The van der Waals surface area contributed by atoms with Crippen LogP contribution >= 0.6 is 35.0 Å². The third kappa shape index (κ3) is 8.71. The maximum absolute atomic E-state index is 13.6. The standard InChI is InChI=1S/C37H28Cl2N4O4S/c38-29-16-9-14-25(32(29)39)22-31(43-35(45)24-12-5-2-6-13-24)36(46)41-26-18-20-27(21-19-26)48-33(23-10-3-1-4-11-23)37(47)42-30-17-8-7-15-28(30)34(40)44/h1-22,33H,(H2,40,44)(H,41,46)(H,42,47)(H,43,45)/b31-22-. The Bertz CT molecular complexity index is 1990. The number of amides is 4. The minimum Gasteiger partial charge on any atom is -0.366 e. The molecule has 0 saturated carbocycles. The molecule has 0 saturated heterocycles. The van der Waals surface area contributed by atoms with E-state index in [1.807, 2.05) is 30.3 Å². The molecule has 0 aliphatic heterocycles. The van der Waals surface area contributed by atoms with Gasteiger partial charge in [-0.05, 0) is 71.8 Å². The number of hydrogen-bond acceptors (Lipinski definition) is 5. The van der Waals surface area contributed by atoms with Crippen LogP contribution in [0.1, 0.15) is 37.1 Å². The van der Waals surface area contributed by atoms with Gasteiger partial charge < -0.3 is 21.7 Å². The molecule has 4 amide bonds. The van der Waals surface area contributed by atoms with Gasteiger partial charge >= 0.3 is 0 Å². The summed E-state index contributed by atoms with van der Waals surface area (Å²) in [5, 5.41) is 8.17. The largest absolute Gasteiger partial charge is 0.366 e. The lowest BCUT2D eigenvalue weighted by atomic mass is 10.1. The number of carbonyl (C=O) groups is 4. The van der Waals surface area contributed by atoms with Crippen LogP contribution in [0.5, 0.6) is 0 Å². The van der Waals surface area contributed by atoms with Crippen LogP contribution < -0.4 is 21.7 Å². The summed E-state index contributed by atoms with van der Waals surface area (Å²) in [6, 6.07) is 36.1. The van der Waals surface area contributed by atoms with Crippen LogP contribution in [-0.2, 0) is 9.59 Å². The third-order valence-electron chi connectivity index (χ3n) is 6.97. The van der Waals surface area contributed by atoms with E-state index in [4.69, 9.17) is 28.9 Å². The lowest BCUT2D eigenvalue weighted by Crippen LogP contribution is -2.30. The molecule has 5 aromatic carbocycles. The number of primary amides is 1. The molecule has 0 radical (unpaired) electrons. The van der Waals surface area contributed by atoms with Crippen LogP contribution in [0.3, 0.4) is 0 Å². The molecule has 240 valence electrons. The summed E-state index contributed by atoms with van der Waals surface area (Å²) >= 11 is 13.9. The fourth-order valence-corrected chi connectivity index (χ4v) is 5.97. The molecule has 48 heavy (non-hydrogen) atoms. The summed E-state index contributed by atoms with van der Waals surface area (Å²) in [7, 11) is 0. The maximum Gasteiger partial charge on any atom is 0.272 e. The van der Waals surface area contributed by atoms with E-state index in [9.17, 15) is 19.2 Å². The van der Waals surface area contributed by atoms with Crippen LogP contribution in [0.4, 0.5) is 11.4 Å². The lowest BCUT2D eigenvalue weighted by molar-refractivity contribution is -0.116. The second-order valence-corrected chi connectivity index (χ2v) is 12.3. The Labute approximate surface area is 291 Å². The average molecular weight is 696 g/mol. The molecule has 0 fully saturated rings. The van der Waals surface area contributed by atoms with Crippen molar-refractivity contribution in [3.8, 4) is 0 Å². The van der Waals surface area contributed by atoms with Crippen LogP contribution in [0.2, 0.25) is 10.0 Å². The van der Waals surface area contributed by atoms with Gasteiger partial charge in [0.15, 0.2) is 0 Å². The Balaban J connectivity index is 1.35. The molecule has 5 aromatic rings. The first-order valence-electron chi connectivity index (χ1n) is 14.5. The molecule has 0 heterocycles. The molecular weight excluding hydrogens is 667 g/mol. The first kappa shape index (κ1) is 34.0. The quantitative estimate of drug-likeness (QED) is 0.0823. The van der Waals surface area contributed by atoms with Crippen LogP contribution in [0.15, 0.2) is 138 Å². The van der Waals surface area contributed by atoms with Gasteiger partial charge in [-0.2, -0.15) is 0 Å². The first-order valence-corrected chi connectivity index (χ1v) is 16.2. The van der Waals surface area contributed by atoms with Gasteiger partial charge in [-0.1, -0.05) is 96.0 Å². The number of nitrogens with one attached hydrogen (secondary N) is 3. The van der Waals surface area contributed by atoms with Gasteiger partial charge in [0.25, 0.3) is 17.7 Å². The van der Waals surface area contributed by atoms with Gasteiger partial charge in [0.05, 0.1) is 21.3 Å². The molecule has 5 rings (SSSR count). The fourth-order valence-electron chi connectivity index (χ4n) is 4.59. The van der Waals surface area contributed by atoms with Gasteiger partial charge in [-0.3, -0.25) is 19.2 Å². The zero-order valence-corrected chi connectivity index (χ0v) is 27.5. The summed E-state index contributed by atoms with van der Waals surface area (Å²) in [6.07, 6.45) is 1.45. The molecule has 8 nitrogen and oxygen atoms in total. The highest BCUT2D eigenvalue weighted by atomic mass is 35.5. The molecule has 11 heteroatoms. The minimum absolute atomic E-state index is 0.0523. The van der Waals surface area contributed by atoms with Crippen molar-refractivity contribution in [2.75, 3.05) is 10.6 Å². The van der Waals surface area contributed by atoms with E-state index in [1.54, 1.807) is 97.1 Å². The van der Waals surface area contributed by atoms with Crippen LogP contribution in [0.25, 0.3) is 6.08 Å². The summed E-state index contributed by atoms with van der Waals surface area (Å²) in [6.45, 7) is 0. The molecule has 0 aromatic heterocycles. The highest BCUT2D eigenvalue weighted by Crippen LogP contribution is 2.37. The predicted molar refractivity (Wildman–Crippen MR) is 192 cm³/mol. The van der Waals surface area contributed by atoms with Gasteiger partial charge in [-0.15, -0.1) is 11.8 Å². The minimum atomic E-state index is -0.683. The Morgan fingerprint density at radius 2 is 1.35 bits per heavy atom. The molecule has 0 spiro atoms. The van der Waals surface area contributed by atoms with E-state index < -0.39 is 23.0 Å². The fraction of sp³-hybridized carbons (Fsp3) is 0.0270. The molecule has 1 unspecified atom stereocenters. The lowest BCUT2D eigenvalue weighted by Gasteiger charge is -2.18. The van der Waals surface area contributed by atoms with E-state index in [0.29, 0.717) is 27.5 Å². The zero-order chi connectivity index (χ0) is 34.0. The Hall–Kier alpha value is -5.35. The molecule has 5 N–H and O–H groups in total. The monoisotopic (exact) mass is 694 g/mol. The predicted octanol–water partition coefficient (Wildman–Crippen LogP) is 7.97. The molecule has 1 atom stereocenters. The number of para-hydroxylation sites is 1. The molecular formula is C37H28Cl2N4O4S. The summed E-state index contributed by atoms with van der Waals surface area (Å²) in [5.74, 6) is -2.07. The molecule has 0 bridgehead atoms. The van der Waals surface area contributed by atoms with Crippen molar-refractivity contribution >= 4 is 76.0 Å². The number of thioether (sulfide) groups is 1. The van der Waals surface area contributed by atoms with Gasteiger partial charge in [0, 0.05) is 16.1 Å². The van der Waals surface area contributed by atoms with Crippen molar-refractivity contribution in [1.82, 2.24) is 5.32 Å². The number of anilines is 2. The van der Waals surface area contributed by atoms with Crippen molar-refractivity contribution in [1.29, 1.82) is 0 Å². The second kappa shape index (κ2) is 16.0. The number of halogens is 2. The van der Waals surface area contributed by atoms with Crippen molar-refractivity contribution in [3.63, 3.8) is 0 Å². The summed E-state index contributed by atoms with van der Waals surface area (Å²) < 4.78 is 0.